The zero-order chi connectivity index (χ0) is 14.8. The van der Waals surface area contributed by atoms with Crippen molar-refractivity contribution in [2.45, 2.75) is 13.3 Å². The van der Waals surface area contributed by atoms with Crippen LogP contribution in [-0.4, -0.2) is 67.9 Å². The minimum Gasteiger partial charge on any atom is -0.383 e. The topological polar surface area (TPSA) is 79.4 Å². The summed E-state index contributed by atoms with van der Waals surface area (Å²) in [5.41, 5.74) is 0. The molecule has 0 saturated carbocycles. The third-order valence-corrected chi connectivity index (χ3v) is 3.48. The first-order chi connectivity index (χ1) is 9.67. The van der Waals surface area contributed by atoms with E-state index in [0.29, 0.717) is 23.3 Å². The van der Waals surface area contributed by atoms with Crippen LogP contribution >= 0.6 is 11.3 Å². The molecule has 0 aliphatic heterocycles. The molecule has 2 N–H and O–H groups in total. The maximum absolute atomic E-state index is 11.9. The van der Waals surface area contributed by atoms with E-state index in [0.717, 1.165) is 26.1 Å². The molecule has 1 amide bonds. The summed E-state index contributed by atoms with van der Waals surface area (Å²) in [4.78, 5) is 13.9. The Kier molecular flexibility index (Phi) is 8.08. The van der Waals surface area contributed by atoms with Crippen molar-refractivity contribution in [2.24, 2.45) is 0 Å². The Hall–Kier alpha value is -1.25. The lowest BCUT2D eigenvalue weighted by atomic mass is 10.5. The van der Waals surface area contributed by atoms with E-state index >= 15 is 0 Å². The summed E-state index contributed by atoms with van der Waals surface area (Å²) < 4.78 is 4.99. The van der Waals surface area contributed by atoms with Gasteiger partial charge >= 0.3 is 0 Å². The SMILES string of the molecule is CCCNc1nnc(C(=O)NCCN(C)CCOC)s1. The first-order valence-corrected chi connectivity index (χ1v) is 7.52. The number of nitrogens with one attached hydrogen (secondary N) is 2. The average Bonchev–Trinajstić information content (AvgIpc) is 2.91. The van der Waals surface area contributed by atoms with Crippen LogP contribution in [0.1, 0.15) is 23.1 Å². The minimum absolute atomic E-state index is 0.174. The number of carbonyl (C=O) groups excluding carboxylic acids is 1. The van der Waals surface area contributed by atoms with Crippen molar-refractivity contribution in [1.82, 2.24) is 20.4 Å². The van der Waals surface area contributed by atoms with Crippen LogP contribution in [0.3, 0.4) is 0 Å². The van der Waals surface area contributed by atoms with Gasteiger partial charge in [0.05, 0.1) is 6.61 Å². The third kappa shape index (κ3) is 6.27. The normalized spacial score (nSPS) is 10.8. The summed E-state index contributed by atoms with van der Waals surface area (Å²) >= 11 is 1.27. The van der Waals surface area contributed by atoms with E-state index in [4.69, 9.17) is 4.74 Å². The minimum atomic E-state index is -0.174. The predicted octanol–water partition coefficient (Wildman–Crippen LogP) is 0.668. The van der Waals surface area contributed by atoms with Crippen molar-refractivity contribution in [2.75, 3.05) is 52.3 Å². The van der Waals surface area contributed by atoms with E-state index in [1.165, 1.54) is 11.3 Å². The molecule has 0 aromatic carbocycles. The number of hydrogen-bond acceptors (Lipinski definition) is 7. The highest BCUT2D eigenvalue weighted by atomic mass is 32.1. The first-order valence-electron chi connectivity index (χ1n) is 6.70. The number of nitrogens with zero attached hydrogens (tertiary/aromatic N) is 3. The van der Waals surface area contributed by atoms with E-state index in [1.807, 2.05) is 7.05 Å². The third-order valence-electron chi connectivity index (χ3n) is 2.60. The van der Waals surface area contributed by atoms with Crippen LogP contribution in [0.25, 0.3) is 0 Å². The van der Waals surface area contributed by atoms with Gasteiger partial charge in [-0.1, -0.05) is 18.3 Å². The second-order valence-corrected chi connectivity index (χ2v) is 5.37. The molecule has 0 aliphatic carbocycles. The molecule has 1 rings (SSSR count). The molecule has 114 valence electrons. The van der Waals surface area contributed by atoms with Crippen molar-refractivity contribution < 1.29 is 9.53 Å². The maximum Gasteiger partial charge on any atom is 0.282 e. The summed E-state index contributed by atoms with van der Waals surface area (Å²) in [6, 6.07) is 0. The fourth-order valence-corrected chi connectivity index (χ4v) is 2.10. The second kappa shape index (κ2) is 9.62. The zero-order valence-electron chi connectivity index (χ0n) is 12.3. The number of amides is 1. The molecule has 0 saturated heterocycles. The molecule has 7 nitrogen and oxygen atoms in total. The quantitative estimate of drug-likeness (QED) is 0.661. The van der Waals surface area contributed by atoms with Gasteiger partial charge in [0, 0.05) is 33.3 Å². The van der Waals surface area contributed by atoms with Gasteiger partial charge in [-0.3, -0.25) is 4.79 Å². The lowest BCUT2D eigenvalue weighted by molar-refractivity contribution is 0.0946. The predicted molar refractivity (Wildman–Crippen MR) is 80.4 cm³/mol. The van der Waals surface area contributed by atoms with E-state index in [2.05, 4.69) is 32.7 Å². The molecular formula is C12H23N5O2S. The lowest BCUT2D eigenvalue weighted by Gasteiger charge is -2.15. The Balaban J connectivity index is 2.26. The van der Waals surface area contributed by atoms with Crippen LogP contribution in [0, 0.1) is 0 Å². The van der Waals surface area contributed by atoms with Gasteiger partial charge in [-0.25, -0.2) is 0 Å². The van der Waals surface area contributed by atoms with Crippen LogP contribution in [0.4, 0.5) is 5.13 Å². The molecule has 0 unspecified atom stereocenters. The van der Waals surface area contributed by atoms with Crippen molar-refractivity contribution in [3.63, 3.8) is 0 Å². The highest BCUT2D eigenvalue weighted by Crippen LogP contribution is 2.14. The van der Waals surface area contributed by atoms with Gasteiger partial charge in [-0.15, -0.1) is 10.2 Å². The van der Waals surface area contributed by atoms with Crippen LogP contribution in [-0.2, 0) is 4.74 Å². The maximum atomic E-state index is 11.9. The van der Waals surface area contributed by atoms with E-state index in [1.54, 1.807) is 7.11 Å². The van der Waals surface area contributed by atoms with Crippen LogP contribution in [0.15, 0.2) is 0 Å². The number of ether oxygens (including phenoxy) is 1. The summed E-state index contributed by atoms with van der Waals surface area (Å²) in [6.45, 7) is 5.79. The molecule has 20 heavy (non-hydrogen) atoms. The van der Waals surface area contributed by atoms with Crippen LogP contribution < -0.4 is 10.6 Å². The van der Waals surface area contributed by atoms with Crippen molar-refractivity contribution >= 4 is 22.4 Å². The summed E-state index contributed by atoms with van der Waals surface area (Å²) in [7, 11) is 3.66. The number of likely N-dealkylation sites (N-methyl/N-ethyl adjacent to an activating group) is 1. The molecule has 0 atom stereocenters. The smallest absolute Gasteiger partial charge is 0.282 e. The molecular weight excluding hydrogens is 278 g/mol. The highest BCUT2D eigenvalue weighted by molar-refractivity contribution is 7.17. The zero-order valence-corrected chi connectivity index (χ0v) is 13.1. The van der Waals surface area contributed by atoms with Crippen molar-refractivity contribution in [1.29, 1.82) is 0 Å². The number of carbonyl (C=O) groups is 1. The van der Waals surface area contributed by atoms with Gasteiger partial charge in [-0.2, -0.15) is 0 Å². The number of anilines is 1. The van der Waals surface area contributed by atoms with Crippen LogP contribution in [0.2, 0.25) is 0 Å². The van der Waals surface area contributed by atoms with E-state index < -0.39 is 0 Å². The second-order valence-electron chi connectivity index (χ2n) is 4.39. The van der Waals surface area contributed by atoms with E-state index in [-0.39, 0.29) is 5.91 Å². The molecule has 1 aromatic rings. The number of hydrogen-bond donors (Lipinski definition) is 2. The van der Waals surface area contributed by atoms with Gasteiger partial charge in [0.25, 0.3) is 5.91 Å². The highest BCUT2D eigenvalue weighted by Gasteiger charge is 2.12. The summed E-state index contributed by atoms with van der Waals surface area (Å²) in [6.07, 6.45) is 1.01. The number of rotatable bonds is 10. The Bertz CT molecular complexity index is 399. The molecule has 0 fully saturated rings. The largest absolute Gasteiger partial charge is 0.383 e. The summed E-state index contributed by atoms with van der Waals surface area (Å²) in [5, 5.41) is 14.8. The first kappa shape index (κ1) is 16.8. The molecule has 1 heterocycles. The monoisotopic (exact) mass is 301 g/mol. The van der Waals surface area contributed by atoms with Gasteiger partial charge < -0.3 is 20.3 Å². The fraction of sp³-hybridized carbons (Fsp3) is 0.750. The molecule has 0 bridgehead atoms. The van der Waals surface area contributed by atoms with Gasteiger partial charge in [0.1, 0.15) is 0 Å². The Morgan fingerprint density at radius 2 is 2.15 bits per heavy atom. The average molecular weight is 301 g/mol. The molecule has 8 heteroatoms. The number of methoxy groups -OCH3 is 1. The standard InChI is InChI=1S/C12H23N5O2S/c1-4-5-14-12-16-15-11(20-12)10(18)13-6-7-17(2)8-9-19-3/h4-9H2,1-3H3,(H,13,18)(H,14,16). The van der Waals surface area contributed by atoms with Gasteiger partial charge in [-0.05, 0) is 13.5 Å². The molecule has 0 aliphatic rings. The Morgan fingerprint density at radius 3 is 2.85 bits per heavy atom. The molecule has 1 aromatic heterocycles. The Morgan fingerprint density at radius 1 is 1.35 bits per heavy atom. The summed E-state index contributed by atoms with van der Waals surface area (Å²) in [5.74, 6) is -0.174. The Labute approximate surface area is 123 Å². The fourth-order valence-electron chi connectivity index (χ4n) is 1.41. The number of aromatic nitrogens is 2. The van der Waals surface area contributed by atoms with Crippen LogP contribution in [0.5, 0.6) is 0 Å². The van der Waals surface area contributed by atoms with Crippen molar-refractivity contribution in [3.05, 3.63) is 5.01 Å². The van der Waals surface area contributed by atoms with Gasteiger partial charge in [0.2, 0.25) is 10.1 Å². The van der Waals surface area contributed by atoms with Gasteiger partial charge in [0.15, 0.2) is 0 Å². The molecule has 0 spiro atoms. The lowest BCUT2D eigenvalue weighted by Crippen LogP contribution is -2.34. The van der Waals surface area contributed by atoms with Crippen molar-refractivity contribution in [3.8, 4) is 0 Å². The van der Waals surface area contributed by atoms with E-state index in [9.17, 15) is 4.79 Å². The molecule has 0 radical (unpaired) electrons.